The normalized spacial score (nSPS) is 11.1. The lowest BCUT2D eigenvalue weighted by atomic mass is 10.1. The molecule has 0 atom stereocenters. The smallest absolute Gasteiger partial charge is 0.0483 e. The van der Waals surface area contributed by atoms with Crippen LogP contribution in [0.1, 0.15) is 11.1 Å². The maximum atomic E-state index is 3.20. The molecule has 0 radical (unpaired) electrons. The summed E-state index contributed by atoms with van der Waals surface area (Å²) in [7, 11) is 4.08. The van der Waals surface area contributed by atoms with Gasteiger partial charge in [0.05, 0.1) is 0 Å². The molecule has 0 saturated heterocycles. The number of hydrogen-bond acceptors (Lipinski definition) is 1. The van der Waals surface area contributed by atoms with Gasteiger partial charge in [0, 0.05) is 30.7 Å². The topological polar surface area (TPSA) is 17.0 Å². The first-order chi connectivity index (χ1) is 6.74. The largest absolute Gasteiger partial charge is 0.350 e. The summed E-state index contributed by atoms with van der Waals surface area (Å²) >= 11 is 0. The lowest BCUT2D eigenvalue weighted by molar-refractivity contribution is 0.815. The molecule has 0 unspecified atom stereocenters. The van der Waals surface area contributed by atoms with E-state index in [1.807, 2.05) is 7.05 Å². The van der Waals surface area contributed by atoms with Gasteiger partial charge in [-0.15, -0.1) is 0 Å². The van der Waals surface area contributed by atoms with Crippen LogP contribution in [0.4, 0.5) is 0 Å². The van der Waals surface area contributed by atoms with Crippen molar-refractivity contribution in [2.24, 2.45) is 7.05 Å². The summed E-state index contributed by atoms with van der Waals surface area (Å²) in [5.41, 5.74) is 4.05. The number of benzene rings is 1. The van der Waals surface area contributed by atoms with Crippen LogP contribution in [0.5, 0.6) is 0 Å². The van der Waals surface area contributed by atoms with Gasteiger partial charge in [-0.1, -0.05) is 12.1 Å². The van der Waals surface area contributed by atoms with E-state index in [0.29, 0.717) is 0 Å². The zero-order valence-electron chi connectivity index (χ0n) is 8.96. The highest BCUT2D eigenvalue weighted by molar-refractivity contribution is 5.87. The average Bonchev–Trinajstić information content (AvgIpc) is 2.46. The third-order valence-corrected chi connectivity index (χ3v) is 2.67. The Morgan fingerprint density at radius 2 is 2.14 bits per heavy atom. The number of rotatable bonds is 2. The molecule has 0 saturated carbocycles. The van der Waals surface area contributed by atoms with Crippen molar-refractivity contribution in [2.75, 3.05) is 7.05 Å². The van der Waals surface area contributed by atoms with Crippen molar-refractivity contribution in [3.05, 3.63) is 35.5 Å². The molecule has 0 aliphatic carbocycles. The molecular weight excluding hydrogens is 172 g/mol. The second-order valence-corrected chi connectivity index (χ2v) is 3.76. The molecule has 2 heteroatoms. The average molecular weight is 188 g/mol. The molecule has 2 rings (SSSR count). The van der Waals surface area contributed by atoms with Crippen molar-refractivity contribution in [3.8, 4) is 0 Å². The van der Waals surface area contributed by atoms with E-state index in [1.165, 1.54) is 22.0 Å². The number of nitrogens with zero attached hydrogens (tertiary/aromatic N) is 1. The van der Waals surface area contributed by atoms with Gasteiger partial charge in [0.15, 0.2) is 0 Å². The molecule has 1 aromatic carbocycles. The van der Waals surface area contributed by atoms with Crippen LogP contribution < -0.4 is 5.32 Å². The summed E-state index contributed by atoms with van der Waals surface area (Å²) in [6.45, 7) is 3.10. The Bertz CT molecular complexity index is 455. The van der Waals surface area contributed by atoms with Gasteiger partial charge in [0.25, 0.3) is 0 Å². The van der Waals surface area contributed by atoms with Crippen LogP contribution in [-0.4, -0.2) is 11.6 Å². The zero-order chi connectivity index (χ0) is 10.1. The van der Waals surface area contributed by atoms with E-state index in [1.54, 1.807) is 0 Å². The molecule has 0 fully saturated rings. The number of aryl methyl sites for hydroxylation is 2. The molecule has 2 aromatic rings. The van der Waals surface area contributed by atoms with Crippen LogP contribution >= 0.6 is 0 Å². The third-order valence-electron chi connectivity index (χ3n) is 2.67. The molecule has 0 amide bonds. The van der Waals surface area contributed by atoms with Crippen molar-refractivity contribution in [1.29, 1.82) is 0 Å². The Hall–Kier alpha value is -1.28. The molecule has 1 heterocycles. The number of fused-ring (bicyclic) bond motifs is 1. The highest BCUT2D eigenvalue weighted by atomic mass is 14.9. The minimum atomic E-state index is 0.933. The van der Waals surface area contributed by atoms with Crippen LogP contribution in [0.2, 0.25) is 0 Å². The molecule has 14 heavy (non-hydrogen) atoms. The Balaban J connectivity index is 2.72. The summed E-state index contributed by atoms with van der Waals surface area (Å²) < 4.78 is 2.19. The predicted molar refractivity (Wildman–Crippen MR) is 60.4 cm³/mol. The van der Waals surface area contributed by atoms with E-state index in [9.17, 15) is 0 Å². The van der Waals surface area contributed by atoms with Gasteiger partial charge in [0.1, 0.15) is 0 Å². The van der Waals surface area contributed by atoms with Crippen molar-refractivity contribution in [3.63, 3.8) is 0 Å². The quantitative estimate of drug-likeness (QED) is 0.764. The van der Waals surface area contributed by atoms with Crippen LogP contribution in [0.15, 0.2) is 24.4 Å². The Morgan fingerprint density at radius 1 is 1.36 bits per heavy atom. The predicted octanol–water partition coefficient (Wildman–Crippen LogP) is 2.21. The van der Waals surface area contributed by atoms with Gasteiger partial charge in [-0.2, -0.15) is 0 Å². The van der Waals surface area contributed by atoms with E-state index >= 15 is 0 Å². The van der Waals surface area contributed by atoms with Crippen molar-refractivity contribution < 1.29 is 0 Å². The van der Waals surface area contributed by atoms with Gasteiger partial charge in [-0.05, 0) is 31.2 Å². The number of nitrogens with one attached hydrogen (secondary N) is 1. The molecule has 0 aliphatic heterocycles. The molecule has 0 spiro atoms. The summed E-state index contributed by atoms with van der Waals surface area (Å²) in [4.78, 5) is 0. The highest BCUT2D eigenvalue weighted by Gasteiger charge is 2.06. The summed E-state index contributed by atoms with van der Waals surface area (Å²) in [6.07, 6.45) is 2.20. The van der Waals surface area contributed by atoms with Crippen LogP contribution in [0, 0.1) is 6.92 Å². The van der Waals surface area contributed by atoms with Crippen molar-refractivity contribution >= 4 is 10.9 Å². The van der Waals surface area contributed by atoms with Crippen molar-refractivity contribution in [1.82, 2.24) is 9.88 Å². The van der Waals surface area contributed by atoms with Gasteiger partial charge in [0.2, 0.25) is 0 Å². The fraction of sp³-hybridized carbons (Fsp3) is 0.333. The van der Waals surface area contributed by atoms with Crippen LogP contribution in [0.25, 0.3) is 10.9 Å². The van der Waals surface area contributed by atoms with Gasteiger partial charge in [-0.25, -0.2) is 0 Å². The SMILES string of the molecule is CNCc1cn(C)c2cccc(C)c12. The Morgan fingerprint density at radius 3 is 2.86 bits per heavy atom. The first kappa shape index (κ1) is 9.28. The summed E-state index contributed by atoms with van der Waals surface area (Å²) in [5.74, 6) is 0. The maximum absolute atomic E-state index is 3.20. The fourth-order valence-electron chi connectivity index (χ4n) is 2.06. The van der Waals surface area contributed by atoms with E-state index in [0.717, 1.165) is 6.54 Å². The second-order valence-electron chi connectivity index (χ2n) is 3.76. The van der Waals surface area contributed by atoms with Crippen LogP contribution in [0.3, 0.4) is 0 Å². The Kier molecular flexibility index (Phi) is 2.30. The minimum absolute atomic E-state index is 0.933. The molecule has 0 aliphatic rings. The minimum Gasteiger partial charge on any atom is -0.350 e. The van der Waals surface area contributed by atoms with Gasteiger partial charge >= 0.3 is 0 Å². The summed E-state index contributed by atoms with van der Waals surface area (Å²) in [5, 5.41) is 4.60. The van der Waals surface area contributed by atoms with Gasteiger partial charge in [-0.3, -0.25) is 0 Å². The van der Waals surface area contributed by atoms with Gasteiger partial charge < -0.3 is 9.88 Å². The lowest BCUT2D eigenvalue weighted by Crippen LogP contribution is -2.04. The standard InChI is InChI=1S/C12H16N2/c1-9-5-4-6-11-12(9)10(7-13-2)8-14(11)3/h4-6,8,13H,7H2,1-3H3. The first-order valence-corrected chi connectivity index (χ1v) is 4.92. The maximum Gasteiger partial charge on any atom is 0.0483 e. The highest BCUT2D eigenvalue weighted by Crippen LogP contribution is 2.23. The van der Waals surface area contributed by atoms with E-state index in [-0.39, 0.29) is 0 Å². The summed E-state index contributed by atoms with van der Waals surface area (Å²) in [6, 6.07) is 6.45. The third kappa shape index (κ3) is 1.32. The number of aromatic nitrogens is 1. The van der Waals surface area contributed by atoms with E-state index < -0.39 is 0 Å². The molecule has 1 N–H and O–H groups in total. The van der Waals surface area contributed by atoms with Crippen LogP contribution in [-0.2, 0) is 13.6 Å². The molecular formula is C12H16N2. The first-order valence-electron chi connectivity index (χ1n) is 4.92. The van der Waals surface area contributed by atoms with E-state index in [2.05, 4.69) is 48.3 Å². The number of hydrogen-bond donors (Lipinski definition) is 1. The molecule has 2 nitrogen and oxygen atoms in total. The van der Waals surface area contributed by atoms with Crippen molar-refractivity contribution in [2.45, 2.75) is 13.5 Å². The molecule has 1 aromatic heterocycles. The Labute approximate surface area is 84.5 Å². The molecule has 0 bridgehead atoms. The fourth-order valence-corrected chi connectivity index (χ4v) is 2.06. The monoisotopic (exact) mass is 188 g/mol. The zero-order valence-corrected chi connectivity index (χ0v) is 8.96. The molecule has 74 valence electrons. The second kappa shape index (κ2) is 3.46. The van der Waals surface area contributed by atoms with E-state index in [4.69, 9.17) is 0 Å². The lowest BCUT2D eigenvalue weighted by Gasteiger charge is -2.00.